The molecule has 142 valence electrons. The minimum absolute atomic E-state index is 0.349. The fraction of sp³-hybridized carbons (Fsp3) is 0.474. The maximum atomic E-state index is 6.26. The molecule has 7 heteroatoms. The van der Waals surface area contributed by atoms with Gasteiger partial charge in [0.2, 0.25) is 0 Å². The average molecular weight is 380 g/mol. The summed E-state index contributed by atoms with van der Waals surface area (Å²) in [6, 6.07) is 6.22. The normalized spacial score (nSPS) is 10.8. The summed E-state index contributed by atoms with van der Waals surface area (Å²) in [5, 5.41) is 3.64. The molecule has 2 aromatic rings. The van der Waals surface area contributed by atoms with Gasteiger partial charge in [-0.3, -0.25) is 0 Å². The second-order valence-corrected chi connectivity index (χ2v) is 6.12. The highest BCUT2D eigenvalue weighted by molar-refractivity contribution is 6.33. The minimum atomic E-state index is 0.349. The van der Waals surface area contributed by atoms with E-state index in [1.807, 2.05) is 19.9 Å². The van der Waals surface area contributed by atoms with E-state index in [1.165, 1.54) is 11.9 Å². The number of methoxy groups -OCH3 is 1. The summed E-state index contributed by atoms with van der Waals surface area (Å²) in [5.74, 6) is 1.46. The van der Waals surface area contributed by atoms with Gasteiger partial charge in [-0.25, -0.2) is 9.97 Å². The standard InChI is InChI=1S/C19H26ClN3O3/c1-4-25-9-7-15-5-6-17(14(2)11-15)26-10-8-21-19-18(20)16(12-24-3)22-13-23-19/h5-6,11,13H,4,7-10,12H2,1-3H3,(H,21,22,23). The summed E-state index contributed by atoms with van der Waals surface area (Å²) in [6.07, 6.45) is 2.38. The summed E-state index contributed by atoms with van der Waals surface area (Å²) in [7, 11) is 1.60. The van der Waals surface area contributed by atoms with Gasteiger partial charge in [0.25, 0.3) is 0 Å². The second kappa shape index (κ2) is 11.0. The molecule has 26 heavy (non-hydrogen) atoms. The molecule has 0 fully saturated rings. The van der Waals surface area contributed by atoms with E-state index in [0.717, 1.165) is 30.9 Å². The number of hydrogen-bond acceptors (Lipinski definition) is 6. The number of rotatable bonds is 11. The van der Waals surface area contributed by atoms with E-state index in [4.69, 9.17) is 25.8 Å². The van der Waals surface area contributed by atoms with Crippen LogP contribution in [0.1, 0.15) is 23.7 Å². The third-order valence-corrected chi connectivity index (χ3v) is 4.17. The molecule has 0 aliphatic heterocycles. The van der Waals surface area contributed by atoms with Gasteiger partial charge in [0, 0.05) is 13.7 Å². The van der Waals surface area contributed by atoms with Gasteiger partial charge in [-0.1, -0.05) is 23.7 Å². The number of nitrogens with zero attached hydrogens (tertiary/aromatic N) is 2. The highest BCUT2D eigenvalue weighted by atomic mass is 35.5. The van der Waals surface area contributed by atoms with Crippen molar-refractivity contribution in [2.75, 3.05) is 38.8 Å². The van der Waals surface area contributed by atoms with Crippen LogP contribution in [0.3, 0.4) is 0 Å². The number of halogens is 1. The third kappa shape index (κ3) is 6.12. The van der Waals surface area contributed by atoms with Gasteiger partial charge in [0.05, 0.1) is 25.5 Å². The lowest BCUT2D eigenvalue weighted by molar-refractivity contribution is 0.151. The van der Waals surface area contributed by atoms with E-state index < -0.39 is 0 Å². The van der Waals surface area contributed by atoms with Crippen LogP contribution in [0.2, 0.25) is 5.02 Å². The molecule has 1 aromatic carbocycles. The number of nitrogens with one attached hydrogen (secondary N) is 1. The maximum Gasteiger partial charge on any atom is 0.148 e. The first-order chi connectivity index (χ1) is 12.7. The lowest BCUT2D eigenvalue weighted by atomic mass is 10.1. The van der Waals surface area contributed by atoms with Gasteiger partial charge in [-0.2, -0.15) is 0 Å². The van der Waals surface area contributed by atoms with Gasteiger partial charge < -0.3 is 19.5 Å². The molecule has 2 rings (SSSR count). The Morgan fingerprint density at radius 3 is 2.77 bits per heavy atom. The van der Waals surface area contributed by atoms with Crippen LogP contribution in [-0.2, 0) is 22.5 Å². The van der Waals surface area contributed by atoms with Crippen molar-refractivity contribution in [1.29, 1.82) is 0 Å². The molecule has 0 aliphatic carbocycles. The van der Waals surface area contributed by atoms with Crippen LogP contribution in [0.15, 0.2) is 24.5 Å². The topological polar surface area (TPSA) is 65.5 Å². The predicted molar refractivity (Wildman–Crippen MR) is 103 cm³/mol. The van der Waals surface area contributed by atoms with Crippen molar-refractivity contribution < 1.29 is 14.2 Å². The average Bonchev–Trinajstić information content (AvgIpc) is 2.63. The first kappa shape index (κ1) is 20.4. The minimum Gasteiger partial charge on any atom is -0.491 e. The first-order valence-corrected chi connectivity index (χ1v) is 9.05. The lowest BCUT2D eigenvalue weighted by Gasteiger charge is -2.13. The number of benzene rings is 1. The van der Waals surface area contributed by atoms with Crippen molar-refractivity contribution in [3.63, 3.8) is 0 Å². The molecule has 0 saturated heterocycles. The monoisotopic (exact) mass is 379 g/mol. The molecule has 1 N–H and O–H groups in total. The summed E-state index contributed by atoms with van der Waals surface area (Å²) >= 11 is 6.26. The SMILES string of the molecule is CCOCCc1ccc(OCCNc2ncnc(COC)c2Cl)c(C)c1. The van der Waals surface area contributed by atoms with Gasteiger partial charge in [0.15, 0.2) is 0 Å². The Morgan fingerprint density at radius 2 is 2.04 bits per heavy atom. The Hall–Kier alpha value is -1.89. The van der Waals surface area contributed by atoms with E-state index in [1.54, 1.807) is 7.11 Å². The Bertz CT molecular complexity index is 698. The highest BCUT2D eigenvalue weighted by Crippen LogP contribution is 2.22. The fourth-order valence-electron chi connectivity index (χ4n) is 2.46. The van der Waals surface area contributed by atoms with Crippen LogP contribution >= 0.6 is 11.6 Å². The molecule has 1 aromatic heterocycles. The molecule has 0 unspecified atom stereocenters. The van der Waals surface area contributed by atoms with E-state index in [0.29, 0.717) is 36.3 Å². The Kier molecular flexibility index (Phi) is 8.61. The van der Waals surface area contributed by atoms with E-state index in [2.05, 4.69) is 27.4 Å². The highest BCUT2D eigenvalue weighted by Gasteiger charge is 2.08. The van der Waals surface area contributed by atoms with E-state index in [-0.39, 0.29) is 0 Å². The molecule has 0 saturated carbocycles. The first-order valence-electron chi connectivity index (χ1n) is 8.68. The zero-order chi connectivity index (χ0) is 18.8. The largest absolute Gasteiger partial charge is 0.491 e. The smallest absolute Gasteiger partial charge is 0.148 e. The zero-order valence-corrected chi connectivity index (χ0v) is 16.3. The third-order valence-electron chi connectivity index (χ3n) is 3.77. The van der Waals surface area contributed by atoms with Crippen LogP contribution in [-0.4, -0.2) is 43.4 Å². The molecule has 0 bridgehead atoms. The van der Waals surface area contributed by atoms with Crippen molar-refractivity contribution >= 4 is 17.4 Å². The lowest BCUT2D eigenvalue weighted by Crippen LogP contribution is -2.14. The maximum absolute atomic E-state index is 6.26. The van der Waals surface area contributed by atoms with Crippen molar-refractivity contribution in [1.82, 2.24) is 9.97 Å². The van der Waals surface area contributed by atoms with Crippen molar-refractivity contribution in [2.24, 2.45) is 0 Å². The van der Waals surface area contributed by atoms with Gasteiger partial charge in [-0.15, -0.1) is 0 Å². The number of anilines is 1. The number of aryl methyl sites for hydroxylation is 1. The molecular formula is C19H26ClN3O3. The van der Waals surface area contributed by atoms with Gasteiger partial charge in [0.1, 0.15) is 29.5 Å². The molecule has 0 radical (unpaired) electrons. The van der Waals surface area contributed by atoms with E-state index in [9.17, 15) is 0 Å². The van der Waals surface area contributed by atoms with Crippen molar-refractivity contribution in [3.8, 4) is 5.75 Å². The Labute approximate surface area is 159 Å². The quantitative estimate of drug-likeness (QED) is 0.601. The summed E-state index contributed by atoms with van der Waals surface area (Å²) in [4.78, 5) is 8.26. The van der Waals surface area contributed by atoms with E-state index >= 15 is 0 Å². The predicted octanol–water partition coefficient (Wildman–Crippen LogP) is 3.65. The Balaban J connectivity index is 1.82. The molecular weight excluding hydrogens is 354 g/mol. The second-order valence-electron chi connectivity index (χ2n) is 5.74. The van der Waals surface area contributed by atoms with Gasteiger partial charge >= 0.3 is 0 Å². The van der Waals surface area contributed by atoms with Crippen LogP contribution in [0, 0.1) is 6.92 Å². The molecule has 0 atom stereocenters. The summed E-state index contributed by atoms with van der Waals surface area (Å²) < 4.78 is 16.3. The van der Waals surface area contributed by atoms with Crippen LogP contribution in [0.4, 0.5) is 5.82 Å². The van der Waals surface area contributed by atoms with Crippen LogP contribution in [0.5, 0.6) is 5.75 Å². The number of aromatic nitrogens is 2. The van der Waals surface area contributed by atoms with Gasteiger partial charge in [-0.05, 0) is 37.5 Å². The molecule has 0 amide bonds. The molecule has 6 nitrogen and oxygen atoms in total. The summed E-state index contributed by atoms with van der Waals surface area (Å²) in [6.45, 7) is 6.96. The molecule has 0 spiro atoms. The zero-order valence-electron chi connectivity index (χ0n) is 15.5. The molecule has 0 aliphatic rings. The Morgan fingerprint density at radius 1 is 1.19 bits per heavy atom. The number of ether oxygens (including phenoxy) is 3. The number of hydrogen-bond donors (Lipinski definition) is 1. The van der Waals surface area contributed by atoms with Crippen LogP contribution < -0.4 is 10.1 Å². The van der Waals surface area contributed by atoms with Crippen molar-refractivity contribution in [2.45, 2.75) is 26.9 Å². The van der Waals surface area contributed by atoms with Crippen LogP contribution in [0.25, 0.3) is 0 Å². The van der Waals surface area contributed by atoms with Crippen molar-refractivity contribution in [3.05, 3.63) is 46.4 Å². The summed E-state index contributed by atoms with van der Waals surface area (Å²) in [5.41, 5.74) is 3.02. The molecule has 1 heterocycles. The fourth-order valence-corrected chi connectivity index (χ4v) is 2.68.